The molecule has 24 heavy (non-hydrogen) atoms. The van der Waals surface area contributed by atoms with E-state index in [1.807, 2.05) is 0 Å². The van der Waals surface area contributed by atoms with Crippen molar-refractivity contribution in [3.05, 3.63) is 71.5 Å². The van der Waals surface area contributed by atoms with Crippen LogP contribution in [0.2, 0.25) is 5.02 Å². The number of nitrogens with zero attached hydrogens (tertiary/aromatic N) is 1. The highest BCUT2D eigenvalue weighted by Crippen LogP contribution is 2.30. The molecule has 0 aliphatic rings. The summed E-state index contributed by atoms with van der Waals surface area (Å²) in [6.45, 7) is 0. The molecular weight excluding hydrogens is 330 g/mol. The Morgan fingerprint density at radius 3 is 2.38 bits per heavy atom. The second-order valence-corrected chi connectivity index (χ2v) is 5.44. The molecule has 1 aromatic heterocycles. The van der Waals surface area contributed by atoms with E-state index in [2.05, 4.69) is 4.98 Å². The van der Waals surface area contributed by atoms with Gasteiger partial charge in [-0.05, 0) is 48.0 Å². The Hall–Kier alpha value is -3.05. The number of hydrogen-bond acceptors (Lipinski definition) is 4. The molecule has 0 aliphatic heterocycles. The molecule has 5 nitrogen and oxygen atoms in total. The van der Waals surface area contributed by atoms with Gasteiger partial charge < -0.3 is 14.9 Å². The van der Waals surface area contributed by atoms with Crippen LogP contribution in [-0.4, -0.2) is 21.2 Å². The molecule has 0 unspecified atom stereocenters. The minimum Gasteiger partial charge on any atom is -0.507 e. The van der Waals surface area contributed by atoms with Crippen molar-refractivity contribution in [1.82, 2.24) is 4.98 Å². The van der Waals surface area contributed by atoms with E-state index in [4.69, 9.17) is 21.4 Å². The number of carboxylic acid groups (broad SMARTS) is 1. The second-order valence-electron chi connectivity index (χ2n) is 5.00. The smallest absolute Gasteiger partial charge is 0.339 e. The number of phenols is 1. The average molecular weight is 342 g/mol. The van der Waals surface area contributed by atoms with Crippen molar-refractivity contribution in [3.8, 4) is 28.4 Å². The van der Waals surface area contributed by atoms with Crippen molar-refractivity contribution in [2.75, 3.05) is 0 Å². The fourth-order valence-electron chi connectivity index (χ4n) is 2.16. The second kappa shape index (κ2) is 6.60. The van der Waals surface area contributed by atoms with Gasteiger partial charge in [-0.25, -0.2) is 4.79 Å². The van der Waals surface area contributed by atoms with Crippen LogP contribution in [0.5, 0.6) is 17.2 Å². The lowest BCUT2D eigenvalue weighted by molar-refractivity contribution is 0.0694. The molecule has 0 saturated carbocycles. The van der Waals surface area contributed by atoms with E-state index < -0.39 is 5.97 Å². The fourth-order valence-corrected chi connectivity index (χ4v) is 2.29. The third-order valence-corrected chi connectivity index (χ3v) is 3.58. The molecule has 0 amide bonds. The number of pyridine rings is 1. The maximum Gasteiger partial charge on any atom is 0.339 e. The number of hydrogen-bond donors (Lipinski definition) is 2. The number of carbonyl (C=O) groups is 1. The van der Waals surface area contributed by atoms with Crippen molar-refractivity contribution < 1.29 is 19.7 Å². The van der Waals surface area contributed by atoms with Gasteiger partial charge in [0, 0.05) is 16.8 Å². The van der Waals surface area contributed by atoms with Crippen molar-refractivity contribution in [3.63, 3.8) is 0 Å². The zero-order valence-electron chi connectivity index (χ0n) is 12.3. The SMILES string of the molecule is O=C(O)c1ccc(-c2cncc(Oc3ccc(Cl)cc3)c2)cc1O. The summed E-state index contributed by atoms with van der Waals surface area (Å²) in [5.74, 6) is -0.361. The summed E-state index contributed by atoms with van der Waals surface area (Å²) in [6.07, 6.45) is 3.16. The van der Waals surface area contributed by atoms with Gasteiger partial charge in [0.15, 0.2) is 0 Å². The van der Waals surface area contributed by atoms with E-state index in [1.165, 1.54) is 12.1 Å². The van der Waals surface area contributed by atoms with Crippen molar-refractivity contribution in [1.29, 1.82) is 0 Å². The summed E-state index contributed by atoms with van der Waals surface area (Å²) in [5, 5.41) is 19.4. The predicted molar refractivity (Wildman–Crippen MR) is 89.8 cm³/mol. The first-order valence-electron chi connectivity index (χ1n) is 6.98. The van der Waals surface area contributed by atoms with Crippen LogP contribution in [0.3, 0.4) is 0 Å². The summed E-state index contributed by atoms with van der Waals surface area (Å²) >= 11 is 5.84. The standard InChI is InChI=1S/C18H12ClNO4/c19-13-2-4-14(5-3-13)24-15-7-12(9-20-10-15)11-1-6-16(18(22)23)17(21)8-11/h1-10,21H,(H,22,23). The molecule has 120 valence electrons. The summed E-state index contributed by atoms with van der Waals surface area (Å²) in [7, 11) is 0. The summed E-state index contributed by atoms with van der Waals surface area (Å²) in [5.41, 5.74) is 1.17. The lowest BCUT2D eigenvalue weighted by atomic mass is 10.0. The number of aromatic carboxylic acids is 1. The monoisotopic (exact) mass is 341 g/mol. The third-order valence-electron chi connectivity index (χ3n) is 3.32. The van der Waals surface area contributed by atoms with Crippen LogP contribution < -0.4 is 4.74 Å². The van der Waals surface area contributed by atoms with Crippen LogP contribution in [0.1, 0.15) is 10.4 Å². The molecular formula is C18H12ClNO4. The number of ether oxygens (including phenoxy) is 1. The lowest BCUT2D eigenvalue weighted by Gasteiger charge is -2.08. The van der Waals surface area contributed by atoms with Crippen LogP contribution in [0.25, 0.3) is 11.1 Å². The zero-order chi connectivity index (χ0) is 17.1. The first-order chi connectivity index (χ1) is 11.5. The van der Waals surface area contributed by atoms with Gasteiger partial charge in [0.25, 0.3) is 0 Å². The minimum atomic E-state index is -1.18. The molecule has 2 aromatic carbocycles. The van der Waals surface area contributed by atoms with Gasteiger partial charge in [-0.3, -0.25) is 4.98 Å². The first-order valence-corrected chi connectivity index (χ1v) is 7.36. The van der Waals surface area contributed by atoms with Crippen LogP contribution in [-0.2, 0) is 0 Å². The fraction of sp³-hybridized carbons (Fsp3) is 0. The van der Waals surface area contributed by atoms with E-state index in [-0.39, 0.29) is 11.3 Å². The highest BCUT2D eigenvalue weighted by atomic mass is 35.5. The molecule has 1 heterocycles. The van der Waals surface area contributed by atoms with Gasteiger partial charge in [0.2, 0.25) is 0 Å². The van der Waals surface area contributed by atoms with Gasteiger partial charge >= 0.3 is 5.97 Å². The van der Waals surface area contributed by atoms with Gasteiger partial charge in [-0.2, -0.15) is 0 Å². The summed E-state index contributed by atoms with van der Waals surface area (Å²) < 4.78 is 5.71. The lowest BCUT2D eigenvalue weighted by Crippen LogP contribution is -1.96. The highest BCUT2D eigenvalue weighted by molar-refractivity contribution is 6.30. The molecule has 3 aromatic rings. The number of benzene rings is 2. The van der Waals surface area contributed by atoms with E-state index in [9.17, 15) is 9.90 Å². The minimum absolute atomic E-state index is 0.153. The van der Waals surface area contributed by atoms with Crippen molar-refractivity contribution in [2.24, 2.45) is 0 Å². The Morgan fingerprint density at radius 1 is 0.958 bits per heavy atom. The van der Waals surface area contributed by atoms with Crippen molar-refractivity contribution in [2.45, 2.75) is 0 Å². The topological polar surface area (TPSA) is 79.7 Å². The molecule has 0 atom stereocenters. The average Bonchev–Trinajstić information content (AvgIpc) is 2.57. The van der Waals surface area contributed by atoms with E-state index in [1.54, 1.807) is 48.8 Å². The number of rotatable bonds is 4. The quantitative estimate of drug-likeness (QED) is 0.725. The van der Waals surface area contributed by atoms with E-state index in [0.29, 0.717) is 27.6 Å². The van der Waals surface area contributed by atoms with Gasteiger partial charge in [0.1, 0.15) is 22.8 Å². The van der Waals surface area contributed by atoms with Crippen LogP contribution in [0.15, 0.2) is 60.9 Å². The normalized spacial score (nSPS) is 10.4. The van der Waals surface area contributed by atoms with Gasteiger partial charge in [0.05, 0.1) is 6.20 Å². The maximum atomic E-state index is 10.9. The molecule has 0 radical (unpaired) electrons. The molecule has 2 N–H and O–H groups in total. The Bertz CT molecular complexity index is 894. The largest absolute Gasteiger partial charge is 0.507 e. The van der Waals surface area contributed by atoms with E-state index >= 15 is 0 Å². The molecule has 0 bridgehead atoms. The number of halogens is 1. The van der Waals surface area contributed by atoms with E-state index in [0.717, 1.165) is 0 Å². The Balaban J connectivity index is 1.89. The molecule has 0 spiro atoms. The Labute approximate surface area is 142 Å². The Morgan fingerprint density at radius 2 is 1.71 bits per heavy atom. The number of aromatic hydroxyl groups is 1. The molecule has 0 aliphatic carbocycles. The number of aromatic nitrogens is 1. The maximum absolute atomic E-state index is 10.9. The zero-order valence-corrected chi connectivity index (χ0v) is 13.1. The predicted octanol–water partition coefficient (Wildman–Crippen LogP) is 4.60. The molecule has 0 fully saturated rings. The van der Waals surface area contributed by atoms with Crippen LogP contribution >= 0.6 is 11.6 Å². The number of carboxylic acids is 1. The van der Waals surface area contributed by atoms with Crippen LogP contribution in [0, 0.1) is 0 Å². The molecule has 6 heteroatoms. The summed E-state index contributed by atoms with van der Waals surface area (Å²) in [4.78, 5) is 15.1. The highest BCUT2D eigenvalue weighted by Gasteiger charge is 2.11. The van der Waals surface area contributed by atoms with Gasteiger partial charge in [-0.1, -0.05) is 17.7 Å². The summed E-state index contributed by atoms with van der Waals surface area (Å²) in [6, 6.07) is 13.0. The van der Waals surface area contributed by atoms with Gasteiger partial charge in [-0.15, -0.1) is 0 Å². The first kappa shape index (κ1) is 15.8. The molecule has 3 rings (SSSR count). The Kier molecular flexibility index (Phi) is 4.35. The molecule has 0 saturated heterocycles. The van der Waals surface area contributed by atoms with Crippen LogP contribution in [0.4, 0.5) is 0 Å². The van der Waals surface area contributed by atoms with Crippen molar-refractivity contribution >= 4 is 17.6 Å². The third kappa shape index (κ3) is 3.47.